The first-order valence-electron chi connectivity index (χ1n) is 12.2. The van der Waals surface area contributed by atoms with Gasteiger partial charge in [-0.3, -0.25) is 0 Å². The summed E-state index contributed by atoms with van der Waals surface area (Å²) in [5, 5.41) is 0. The normalized spacial score (nSPS) is 28.0. The Morgan fingerprint density at radius 3 is 0.389 bits per heavy atom. The topological polar surface area (TPSA) is 18.5 Å². The summed E-state index contributed by atoms with van der Waals surface area (Å²) in [6.45, 7) is 4.00. The van der Waals surface area contributed by atoms with Crippen molar-refractivity contribution in [3.63, 3.8) is 0 Å². The van der Waals surface area contributed by atoms with Gasteiger partial charge in [0, 0.05) is 97.6 Å². The molecule has 0 bridgehead atoms. The fraction of sp³-hybridized carbons (Fsp3) is 0.250. The van der Waals surface area contributed by atoms with Crippen molar-refractivity contribution >= 4 is 0 Å². The Balaban J connectivity index is 0. The summed E-state index contributed by atoms with van der Waals surface area (Å²) in [7, 11) is 0. The van der Waals surface area contributed by atoms with Gasteiger partial charge < -0.3 is 9.47 Å². The molecular weight excluding hydrogens is 694 g/mol. The van der Waals surface area contributed by atoms with Gasteiger partial charge in [0.15, 0.2) is 0 Å². The zero-order chi connectivity index (χ0) is 24.0. The van der Waals surface area contributed by atoms with Gasteiger partial charge >= 0.3 is 0 Å². The van der Waals surface area contributed by atoms with Crippen LogP contribution in [0.25, 0.3) is 0 Å². The molecule has 2 radical (unpaired) electrons. The Morgan fingerprint density at radius 2 is 0.333 bits per heavy atom. The Bertz CT molecular complexity index is 536. The van der Waals surface area contributed by atoms with E-state index in [4.69, 9.17) is 9.47 Å². The molecule has 0 aromatic heterocycles. The monoisotopic (exact) mass is 734 g/mol. The van der Waals surface area contributed by atoms with Crippen molar-refractivity contribution < 1.29 is 80.7 Å². The summed E-state index contributed by atoms with van der Waals surface area (Å²) in [4.78, 5) is 0. The number of allylic oxidation sites excluding steroid dienone is 24. The zero-order valence-electron chi connectivity index (χ0n) is 21.5. The molecule has 4 heteroatoms. The third-order valence-corrected chi connectivity index (χ3v) is 4.32. The molecule has 2 saturated heterocycles. The van der Waals surface area contributed by atoms with Gasteiger partial charge in [-0.05, 0) is 25.7 Å². The van der Waals surface area contributed by atoms with Gasteiger partial charge in [0.25, 0.3) is 0 Å². The van der Waals surface area contributed by atoms with Crippen LogP contribution in [0.4, 0.5) is 0 Å². The standard InChI is InChI=1S/3C8H8.2C4H8O.2La/c3*1-2-4-6-8-7-5-3-1;2*1-2-4-5-3-1;;/h3*1-8H;2*1-4H2;;/b3*2-1-,3-1?,4-2?,5-3-,6-4-,7-5?,8-6?,8-7-;;;;. The predicted octanol–water partition coefficient (Wildman–Crippen LogP) is 8.27. The van der Waals surface area contributed by atoms with Gasteiger partial charge in [0.1, 0.15) is 0 Å². The van der Waals surface area contributed by atoms with Crippen LogP contribution in [-0.4, -0.2) is 26.4 Å². The van der Waals surface area contributed by atoms with Crippen LogP contribution in [0, 0.1) is 71.2 Å². The summed E-state index contributed by atoms with van der Waals surface area (Å²) in [6, 6.07) is 0. The van der Waals surface area contributed by atoms with Crippen LogP contribution in [0.5, 0.6) is 0 Å². The van der Waals surface area contributed by atoms with E-state index < -0.39 is 0 Å². The molecule has 0 amide bonds. The van der Waals surface area contributed by atoms with Crippen LogP contribution in [0.15, 0.2) is 146 Å². The van der Waals surface area contributed by atoms with E-state index >= 15 is 0 Å². The molecule has 2 heterocycles. The van der Waals surface area contributed by atoms with E-state index in [1.165, 1.54) is 25.7 Å². The van der Waals surface area contributed by atoms with Gasteiger partial charge in [-0.2, -0.15) is 0 Å². The molecule has 2 aliphatic heterocycles. The van der Waals surface area contributed by atoms with Crippen molar-refractivity contribution in [1.29, 1.82) is 0 Å². The van der Waals surface area contributed by atoms with Crippen LogP contribution >= 0.6 is 0 Å². The maximum absolute atomic E-state index is 4.94. The van der Waals surface area contributed by atoms with E-state index in [0.29, 0.717) is 0 Å². The minimum atomic E-state index is 0. The maximum atomic E-state index is 4.94. The second kappa shape index (κ2) is 34.2. The predicted molar refractivity (Wildman–Crippen MR) is 150 cm³/mol. The van der Waals surface area contributed by atoms with E-state index in [0.717, 1.165) is 26.4 Å². The van der Waals surface area contributed by atoms with E-state index in [1.54, 1.807) is 0 Å². The van der Waals surface area contributed by atoms with Crippen LogP contribution in [0.2, 0.25) is 0 Å². The van der Waals surface area contributed by atoms with Crippen molar-refractivity contribution in [3.8, 4) is 0 Å². The molecule has 2 nitrogen and oxygen atoms in total. The summed E-state index contributed by atoms with van der Waals surface area (Å²) < 4.78 is 9.89. The Hall–Kier alpha value is -0.810. The third kappa shape index (κ3) is 31.2. The molecule has 0 aromatic rings. The molecular formula is C32H40La2O2. The van der Waals surface area contributed by atoms with Crippen LogP contribution in [-0.2, 0) is 9.47 Å². The number of hydrogen-bond acceptors (Lipinski definition) is 2. The minimum Gasteiger partial charge on any atom is -0.381 e. The summed E-state index contributed by atoms with van der Waals surface area (Å²) in [5.41, 5.74) is 0. The molecule has 5 rings (SSSR count). The number of hydrogen-bond donors (Lipinski definition) is 0. The van der Waals surface area contributed by atoms with Crippen molar-refractivity contribution in [3.05, 3.63) is 146 Å². The molecule has 5 aliphatic rings. The molecule has 0 atom stereocenters. The van der Waals surface area contributed by atoms with Crippen LogP contribution < -0.4 is 0 Å². The Labute approximate surface area is 275 Å². The molecule has 2 fully saturated rings. The number of ether oxygens (including phenoxy) is 2. The van der Waals surface area contributed by atoms with E-state index in [2.05, 4.69) is 0 Å². The Morgan fingerprint density at radius 1 is 0.222 bits per heavy atom. The molecule has 36 heavy (non-hydrogen) atoms. The van der Waals surface area contributed by atoms with Gasteiger partial charge in [-0.25, -0.2) is 0 Å². The molecule has 186 valence electrons. The SMILES string of the molecule is C1=C\C=C/C=C\C=C/1.C1=C\C=C/C=C\C=C/1.C1=C\C=C/C=C\C=C/1.C1CCOC1.C1CCOC1.[La].[La]. The first-order valence-corrected chi connectivity index (χ1v) is 12.2. The molecule has 0 spiro atoms. The van der Waals surface area contributed by atoms with Gasteiger partial charge in [0.2, 0.25) is 0 Å². The minimum absolute atomic E-state index is 0. The van der Waals surface area contributed by atoms with Gasteiger partial charge in [-0.15, -0.1) is 0 Å². The van der Waals surface area contributed by atoms with Crippen molar-refractivity contribution in [2.75, 3.05) is 26.4 Å². The molecule has 0 aromatic carbocycles. The van der Waals surface area contributed by atoms with Crippen LogP contribution in [0.3, 0.4) is 0 Å². The molecule has 0 N–H and O–H groups in total. The first-order chi connectivity index (χ1) is 17.0. The smallest absolute Gasteiger partial charge is 0.0466 e. The van der Waals surface area contributed by atoms with E-state index in [1.807, 2.05) is 146 Å². The summed E-state index contributed by atoms with van der Waals surface area (Å²) in [6.07, 6.45) is 53.1. The summed E-state index contributed by atoms with van der Waals surface area (Å²) in [5.74, 6) is 0. The van der Waals surface area contributed by atoms with Crippen LogP contribution in [0.1, 0.15) is 25.7 Å². The zero-order valence-corrected chi connectivity index (χ0v) is 28.7. The fourth-order valence-electron chi connectivity index (χ4n) is 2.56. The van der Waals surface area contributed by atoms with Crippen molar-refractivity contribution in [2.24, 2.45) is 0 Å². The van der Waals surface area contributed by atoms with Gasteiger partial charge in [0.05, 0.1) is 0 Å². The largest absolute Gasteiger partial charge is 0.381 e. The number of rotatable bonds is 0. The maximum Gasteiger partial charge on any atom is 0.0466 e. The average molecular weight is 734 g/mol. The molecule has 3 aliphatic carbocycles. The first kappa shape index (κ1) is 37.3. The average Bonchev–Trinajstić information content (AvgIpc) is 3.53. The molecule has 0 saturated carbocycles. The van der Waals surface area contributed by atoms with E-state index in [-0.39, 0.29) is 71.2 Å². The third-order valence-electron chi connectivity index (χ3n) is 4.32. The van der Waals surface area contributed by atoms with Crippen molar-refractivity contribution in [2.45, 2.75) is 25.7 Å². The second-order valence-corrected chi connectivity index (χ2v) is 7.26. The quantitative estimate of drug-likeness (QED) is 0.250. The van der Waals surface area contributed by atoms with Gasteiger partial charge in [-0.1, -0.05) is 146 Å². The van der Waals surface area contributed by atoms with E-state index in [9.17, 15) is 0 Å². The Kier molecular flexibility index (Phi) is 35.5. The second-order valence-electron chi connectivity index (χ2n) is 7.26. The molecule has 0 unspecified atom stereocenters. The fourth-order valence-corrected chi connectivity index (χ4v) is 2.56. The summed E-state index contributed by atoms with van der Waals surface area (Å²) >= 11 is 0. The van der Waals surface area contributed by atoms with Crippen molar-refractivity contribution in [1.82, 2.24) is 0 Å².